The number of thiazole rings is 1. The van der Waals surface area contributed by atoms with E-state index in [4.69, 9.17) is 5.26 Å². The van der Waals surface area contributed by atoms with Crippen LogP contribution in [0.5, 0.6) is 0 Å². The fourth-order valence-electron chi connectivity index (χ4n) is 2.31. The van der Waals surface area contributed by atoms with E-state index in [0.717, 1.165) is 21.7 Å². The van der Waals surface area contributed by atoms with Crippen molar-refractivity contribution in [1.82, 2.24) is 10.3 Å². The Labute approximate surface area is 139 Å². The summed E-state index contributed by atoms with van der Waals surface area (Å²) in [6.07, 6.45) is 0. The Morgan fingerprint density at radius 3 is 2.57 bits per heavy atom. The van der Waals surface area contributed by atoms with E-state index in [0.29, 0.717) is 10.6 Å². The fraction of sp³-hybridized carbons (Fsp3) is 0.294. The normalized spacial score (nSPS) is 11.6. The summed E-state index contributed by atoms with van der Waals surface area (Å²) in [7, 11) is 1.40. The third kappa shape index (κ3) is 3.30. The molecule has 0 spiro atoms. The van der Waals surface area contributed by atoms with Gasteiger partial charge in [0.05, 0.1) is 16.6 Å². The second kappa shape index (κ2) is 6.71. The molecule has 0 saturated carbocycles. The second-order valence-electron chi connectivity index (χ2n) is 5.29. The predicted octanol–water partition coefficient (Wildman–Crippen LogP) is 2.80. The number of hydrogen-bond acceptors (Lipinski definition) is 5. The van der Waals surface area contributed by atoms with Crippen LogP contribution in [-0.2, 0) is 4.79 Å². The van der Waals surface area contributed by atoms with E-state index in [9.17, 15) is 9.59 Å². The first-order valence-electron chi connectivity index (χ1n) is 7.09. The predicted molar refractivity (Wildman–Crippen MR) is 89.3 cm³/mol. The van der Waals surface area contributed by atoms with Crippen LogP contribution in [-0.4, -0.2) is 23.7 Å². The zero-order chi connectivity index (χ0) is 17.1. The van der Waals surface area contributed by atoms with Crippen molar-refractivity contribution >= 4 is 23.0 Å². The van der Waals surface area contributed by atoms with Gasteiger partial charge in [-0.2, -0.15) is 5.26 Å². The molecule has 2 rings (SSSR count). The SMILES string of the molecule is CNC(=O)[C@H](C#N)C(=O)c1sc(-c2ccc(C)cc2C)nc1C. The summed E-state index contributed by atoms with van der Waals surface area (Å²) in [5, 5.41) is 12.2. The second-order valence-corrected chi connectivity index (χ2v) is 6.29. The van der Waals surface area contributed by atoms with E-state index in [2.05, 4.69) is 16.4 Å². The van der Waals surface area contributed by atoms with Gasteiger partial charge < -0.3 is 5.32 Å². The minimum absolute atomic E-state index is 0.357. The third-order valence-electron chi connectivity index (χ3n) is 3.53. The first-order valence-corrected chi connectivity index (χ1v) is 7.91. The van der Waals surface area contributed by atoms with Gasteiger partial charge >= 0.3 is 0 Å². The molecule has 1 aromatic heterocycles. The van der Waals surface area contributed by atoms with E-state index in [1.165, 1.54) is 18.4 Å². The Balaban J connectivity index is 2.44. The van der Waals surface area contributed by atoms with Gasteiger partial charge in [-0.3, -0.25) is 9.59 Å². The molecule has 0 saturated heterocycles. The van der Waals surface area contributed by atoms with Gasteiger partial charge in [0.2, 0.25) is 11.7 Å². The van der Waals surface area contributed by atoms with E-state index in [-0.39, 0.29) is 0 Å². The van der Waals surface area contributed by atoms with Gasteiger partial charge in [0, 0.05) is 12.6 Å². The average molecular weight is 327 g/mol. The maximum absolute atomic E-state index is 12.5. The number of nitriles is 1. The Hall–Kier alpha value is -2.52. The third-order valence-corrected chi connectivity index (χ3v) is 4.74. The molecule has 1 N–H and O–H groups in total. The number of ketones is 1. The molecule has 0 radical (unpaired) electrons. The maximum Gasteiger partial charge on any atom is 0.245 e. The standard InChI is InChI=1S/C17H17N3O2S/c1-9-5-6-12(10(2)7-9)17-20-11(3)15(23-17)14(21)13(8-18)16(22)19-4/h5-7,13H,1-4H3,(H,19,22)/t13-/m1/s1. The molecule has 2 aromatic rings. The smallest absolute Gasteiger partial charge is 0.245 e. The van der Waals surface area contributed by atoms with E-state index in [1.54, 1.807) is 13.0 Å². The topological polar surface area (TPSA) is 82.9 Å². The quantitative estimate of drug-likeness (QED) is 0.691. The molecular weight excluding hydrogens is 310 g/mol. The van der Waals surface area contributed by atoms with Crippen molar-refractivity contribution in [2.75, 3.05) is 7.05 Å². The van der Waals surface area contributed by atoms with Crippen molar-refractivity contribution in [2.24, 2.45) is 5.92 Å². The summed E-state index contributed by atoms with van der Waals surface area (Å²) in [6, 6.07) is 7.77. The number of carbonyl (C=O) groups is 2. The lowest BCUT2D eigenvalue weighted by Gasteiger charge is -2.05. The summed E-state index contributed by atoms with van der Waals surface area (Å²) < 4.78 is 0. The number of nitrogens with zero attached hydrogens (tertiary/aromatic N) is 2. The maximum atomic E-state index is 12.5. The van der Waals surface area contributed by atoms with Crippen LogP contribution in [0.4, 0.5) is 0 Å². The summed E-state index contributed by atoms with van der Waals surface area (Å²) >= 11 is 1.22. The molecule has 118 valence electrons. The Morgan fingerprint density at radius 1 is 1.30 bits per heavy atom. The van der Waals surface area contributed by atoms with Crippen LogP contribution in [0.2, 0.25) is 0 Å². The molecule has 0 aliphatic heterocycles. The highest BCUT2D eigenvalue weighted by atomic mass is 32.1. The number of hydrogen-bond donors (Lipinski definition) is 1. The zero-order valence-electron chi connectivity index (χ0n) is 13.4. The lowest BCUT2D eigenvalue weighted by molar-refractivity contribution is -0.121. The van der Waals surface area contributed by atoms with Crippen molar-refractivity contribution in [3.05, 3.63) is 39.9 Å². The van der Waals surface area contributed by atoms with Crippen molar-refractivity contribution in [3.8, 4) is 16.6 Å². The summed E-state index contributed by atoms with van der Waals surface area (Å²) in [6.45, 7) is 5.72. The highest BCUT2D eigenvalue weighted by Crippen LogP contribution is 2.31. The molecule has 1 atom stereocenters. The largest absolute Gasteiger partial charge is 0.358 e. The van der Waals surface area contributed by atoms with Crippen LogP contribution < -0.4 is 5.32 Å². The molecule has 0 aliphatic carbocycles. The molecule has 0 fully saturated rings. The van der Waals surface area contributed by atoms with Crippen molar-refractivity contribution < 1.29 is 9.59 Å². The van der Waals surface area contributed by atoms with Gasteiger partial charge in [0.25, 0.3) is 0 Å². The number of nitrogens with one attached hydrogen (secondary N) is 1. The number of benzene rings is 1. The van der Waals surface area contributed by atoms with Gasteiger partial charge in [0.15, 0.2) is 5.92 Å². The molecule has 1 heterocycles. The van der Waals surface area contributed by atoms with Crippen LogP contribution >= 0.6 is 11.3 Å². The molecule has 1 aromatic carbocycles. The fourth-order valence-corrected chi connectivity index (χ4v) is 3.43. The number of amides is 1. The minimum Gasteiger partial charge on any atom is -0.358 e. The van der Waals surface area contributed by atoms with Crippen LogP contribution in [0, 0.1) is 38.0 Å². The molecule has 1 amide bonds. The van der Waals surface area contributed by atoms with Gasteiger partial charge in [-0.15, -0.1) is 11.3 Å². The molecule has 0 unspecified atom stereocenters. The highest BCUT2D eigenvalue weighted by Gasteiger charge is 2.30. The van der Waals surface area contributed by atoms with Gasteiger partial charge in [-0.05, 0) is 26.3 Å². The van der Waals surface area contributed by atoms with Crippen molar-refractivity contribution in [2.45, 2.75) is 20.8 Å². The molecule has 0 bridgehead atoms. The molecule has 6 heteroatoms. The first-order chi connectivity index (χ1) is 10.9. The minimum atomic E-state index is -1.34. The Bertz CT molecular complexity index is 818. The molecule has 5 nitrogen and oxygen atoms in total. The van der Waals surface area contributed by atoms with Crippen molar-refractivity contribution in [3.63, 3.8) is 0 Å². The number of Topliss-reactive ketones (excluding diaryl/α,β-unsaturated/α-hetero) is 1. The zero-order valence-corrected chi connectivity index (χ0v) is 14.2. The number of aryl methyl sites for hydroxylation is 3. The Kier molecular flexibility index (Phi) is 4.92. The molecular formula is C17H17N3O2S. The molecule has 23 heavy (non-hydrogen) atoms. The van der Waals surface area contributed by atoms with E-state index in [1.807, 2.05) is 26.0 Å². The number of carbonyl (C=O) groups excluding carboxylic acids is 2. The van der Waals surface area contributed by atoms with Crippen LogP contribution in [0.3, 0.4) is 0 Å². The van der Waals surface area contributed by atoms with Gasteiger partial charge in [-0.1, -0.05) is 23.8 Å². The lowest BCUT2D eigenvalue weighted by Crippen LogP contribution is -2.32. The summed E-state index contributed by atoms with van der Waals surface area (Å²) in [4.78, 5) is 28.9. The molecule has 0 aliphatic rings. The van der Waals surface area contributed by atoms with Gasteiger partial charge in [0.1, 0.15) is 5.01 Å². The Morgan fingerprint density at radius 2 is 2.00 bits per heavy atom. The van der Waals surface area contributed by atoms with Crippen LogP contribution in [0.25, 0.3) is 10.6 Å². The van der Waals surface area contributed by atoms with Crippen LogP contribution in [0.15, 0.2) is 18.2 Å². The van der Waals surface area contributed by atoms with Gasteiger partial charge in [-0.25, -0.2) is 4.98 Å². The van der Waals surface area contributed by atoms with Crippen molar-refractivity contribution in [1.29, 1.82) is 5.26 Å². The summed E-state index contributed by atoms with van der Waals surface area (Å²) in [5.74, 6) is -2.44. The lowest BCUT2D eigenvalue weighted by atomic mass is 10.0. The monoisotopic (exact) mass is 327 g/mol. The highest BCUT2D eigenvalue weighted by molar-refractivity contribution is 7.17. The van der Waals surface area contributed by atoms with E-state index < -0.39 is 17.6 Å². The summed E-state index contributed by atoms with van der Waals surface area (Å²) in [5.41, 5.74) is 3.72. The first kappa shape index (κ1) is 16.8. The van der Waals surface area contributed by atoms with E-state index >= 15 is 0 Å². The average Bonchev–Trinajstić information content (AvgIpc) is 2.89. The van der Waals surface area contributed by atoms with Crippen LogP contribution in [0.1, 0.15) is 26.5 Å². The number of rotatable bonds is 4. The number of aromatic nitrogens is 1.